The van der Waals surface area contributed by atoms with Crippen LogP contribution >= 0.6 is 0 Å². The SMILES string of the molecule is CC1=C(CN(O)S(N)(=O)=O)C2=C(C)C3(CC3)[C@@](C)(O)C(=O)C2=C1. The molecule has 0 saturated heterocycles. The number of nitrogens with zero attached hydrogens (tertiary/aromatic N) is 1. The molecule has 0 aromatic heterocycles. The molecule has 0 amide bonds. The highest BCUT2D eigenvalue weighted by Gasteiger charge is 2.65. The Hall–Kier alpha value is -1.32. The van der Waals surface area contributed by atoms with Crippen LogP contribution in [-0.4, -0.2) is 41.1 Å². The second-order valence-electron chi connectivity index (χ2n) is 6.73. The summed E-state index contributed by atoms with van der Waals surface area (Å²) in [6, 6.07) is 0. The fraction of sp³-hybridized carbons (Fsp3) is 0.533. The van der Waals surface area contributed by atoms with Gasteiger partial charge in [0.15, 0.2) is 5.78 Å². The van der Waals surface area contributed by atoms with Crippen molar-refractivity contribution in [1.82, 2.24) is 4.47 Å². The number of fused-ring (bicyclic) bond motifs is 1. The van der Waals surface area contributed by atoms with E-state index in [0.717, 1.165) is 5.57 Å². The lowest BCUT2D eigenvalue weighted by Gasteiger charge is -2.39. The summed E-state index contributed by atoms with van der Waals surface area (Å²) < 4.78 is 22.6. The van der Waals surface area contributed by atoms with Gasteiger partial charge < -0.3 is 5.11 Å². The van der Waals surface area contributed by atoms with E-state index in [9.17, 15) is 23.5 Å². The molecule has 23 heavy (non-hydrogen) atoms. The lowest BCUT2D eigenvalue weighted by atomic mass is 9.67. The van der Waals surface area contributed by atoms with Crippen LogP contribution in [0.1, 0.15) is 33.6 Å². The van der Waals surface area contributed by atoms with Crippen LogP contribution in [-0.2, 0) is 15.0 Å². The normalized spacial score (nSPS) is 29.5. The zero-order chi connectivity index (χ0) is 17.4. The first-order valence-corrected chi connectivity index (χ1v) is 8.84. The number of nitrogens with two attached hydrogens (primary N) is 1. The highest BCUT2D eigenvalue weighted by molar-refractivity contribution is 7.86. The van der Waals surface area contributed by atoms with Crippen molar-refractivity contribution in [3.05, 3.63) is 33.9 Å². The maximum absolute atomic E-state index is 12.7. The van der Waals surface area contributed by atoms with Crippen molar-refractivity contribution in [2.75, 3.05) is 6.54 Å². The number of carbonyl (C=O) groups is 1. The lowest BCUT2D eigenvalue weighted by Crippen LogP contribution is -2.49. The van der Waals surface area contributed by atoms with Gasteiger partial charge in [-0.25, -0.2) is 5.14 Å². The molecule has 0 bridgehead atoms. The molecule has 4 N–H and O–H groups in total. The Kier molecular flexibility index (Phi) is 3.31. The standard InChI is InChI=1S/C15H20N2O5S/c1-8-6-10-12(11(8)7-17(20)23(16,21)22)9(2)15(4-5-15)14(3,19)13(10)18/h6,19-20H,4-5,7H2,1-3H3,(H2,16,21,22)/t14-/m0/s1. The fourth-order valence-electron chi connectivity index (χ4n) is 3.84. The van der Waals surface area contributed by atoms with Gasteiger partial charge in [0.05, 0.1) is 6.54 Å². The number of rotatable bonds is 3. The number of carbonyl (C=O) groups excluding carboxylic acids is 1. The first kappa shape index (κ1) is 16.5. The minimum Gasteiger partial charge on any atom is -0.381 e. The zero-order valence-corrected chi connectivity index (χ0v) is 14.1. The summed E-state index contributed by atoms with van der Waals surface area (Å²) in [4.78, 5) is 12.7. The number of hydroxylamine groups is 1. The lowest BCUT2D eigenvalue weighted by molar-refractivity contribution is -0.137. The molecular formula is C15H20N2O5S. The van der Waals surface area contributed by atoms with Gasteiger partial charge in [-0.15, -0.1) is 0 Å². The second-order valence-corrected chi connectivity index (χ2v) is 8.18. The van der Waals surface area contributed by atoms with E-state index in [1.54, 1.807) is 19.9 Å². The number of Topliss-reactive ketones (excluding diaryl/α,β-unsaturated/α-hetero) is 1. The Morgan fingerprint density at radius 1 is 1.35 bits per heavy atom. The van der Waals surface area contributed by atoms with Crippen LogP contribution in [0.15, 0.2) is 33.9 Å². The Morgan fingerprint density at radius 3 is 2.39 bits per heavy atom. The fourth-order valence-corrected chi connectivity index (χ4v) is 4.15. The molecular weight excluding hydrogens is 320 g/mol. The average Bonchev–Trinajstić information content (AvgIpc) is 3.17. The van der Waals surface area contributed by atoms with E-state index in [1.165, 1.54) is 0 Å². The Morgan fingerprint density at radius 2 is 1.91 bits per heavy atom. The van der Waals surface area contributed by atoms with Crippen molar-refractivity contribution in [2.24, 2.45) is 10.6 Å². The van der Waals surface area contributed by atoms with Crippen LogP contribution in [0.25, 0.3) is 0 Å². The Labute approximate surface area is 134 Å². The van der Waals surface area contributed by atoms with Crippen molar-refractivity contribution in [3.8, 4) is 0 Å². The molecule has 0 unspecified atom stereocenters. The highest BCUT2D eigenvalue weighted by atomic mass is 32.2. The predicted molar refractivity (Wildman–Crippen MR) is 82.4 cm³/mol. The molecule has 0 heterocycles. The molecule has 3 rings (SSSR count). The van der Waals surface area contributed by atoms with Gasteiger partial charge in [0, 0.05) is 11.0 Å². The number of hydrogen-bond acceptors (Lipinski definition) is 5. The van der Waals surface area contributed by atoms with Gasteiger partial charge in [-0.1, -0.05) is 10.0 Å². The monoisotopic (exact) mass is 340 g/mol. The molecule has 0 aromatic carbocycles. The van der Waals surface area contributed by atoms with Gasteiger partial charge in [0.25, 0.3) is 10.2 Å². The highest BCUT2D eigenvalue weighted by Crippen LogP contribution is 2.64. The van der Waals surface area contributed by atoms with Crippen molar-refractivity contribution in [2.45, 2.75) is 39.2 Å². The average molecular weight is 340 g/mol. The summed E-state index contributed by atoms with van der Waals surface area (Å²) in [6.45, 7) is 4.80. The molecule has 7 nitrogen and oxygen atoms in total. The number of hydrogen-bond donors (Lipinski definition) is 3. The number of aliphatic hydroxyl groups is 1. The van der Waals surface area contributed by atoms with E-state index in [2.05, 4.69) is 0 Å². The van der Waals surface area contributed by atoms with Crippen LogP contribution in [0.3, 0.4) is 0 Å². The minimum absolute atomic E-state index is 0.0691. The van der Waals surface area contributed by atoms with Gasteiger partial charge in [-0.05, 0) is 56.4 Å². The summed E-state index contributed by atoms with van der Waals surface area (Å²) in [5.74, 6) is -0.356. The largest absolute Gasteiger partial charge is 0.381 e. The van der Waals surface area contributed by atoms with E-state index in [1.807, 2.05) is 6.92 Å². The van der Waals surface area contributed by atoms with Crippen LogP contribution in [0.5, 0.6) is 0 Å². The summed E-state index contributed by atoms with van der Waals surface area (Å²) in [5, 5.41) is 25.3. The molecule has 1 atom stereocenters. The molecule has 126 valence electrons. The van der Waals surface area contributed by atoms with E-state index in [0.29, 0.717) is 35.1 Å². The van der Waals surface area contributed by atoms with Crippen molar-refractivity contribution in [1.29, 1.82) is 0 Å². The zero-order valence-electron chi connectivity index (χ0n) is 13.3. The molecule has 1 fully saturated rings. The quantitative estimate of drug-likeness (QED) is 0.649. The Balaban J connectivity index is 2.11. The molecule has 3 aliphatic carbocycles. The maximum Gasteiger partial charge on any atom is 0.299 e. The second kappa shape index (κ2) is 4.61. The number of ketones is 1. The third-order valence-electron chi connectivity index (χ3n) is 5.46. The summed E-state index contributed by atoms with van der Waals surface area (Å²) >= 11 is 0. The maximum atomic E-state index is 12.7. The van der Waals surface area contributed by atoms with Gasteiger partial charge >= 0.3 is 0 Å². The third kappa shape index (κ3) is 2.10. The topological polar surface area (TPSA) is 121 Å². The van der Waals surface area contributed by atoms with Crippen LogP contribution < -0.4 is 5.14 Å². The van der Waals surface area contributed by atoms with Crippen molar-refractivity contribution >= 4 is 16.0 Å². The molecule has 1 spiro atoms. The first-order valence-electron chi connectivity index (χ1n) is 7.33. The van der Waals surface area contributed by atoms with E-state index in [-0.39, 0.29) is 16.8 Å². The van der Waals surface area contributed by atoms with Gasteiger partial charge in [0.1, 0.15) is 5.60 Å². The summed E-state index contributed by atoms with van der Waals surface area (Å²) in [5.41, 5.74) is 1.06. The van der Waals surface area contributed by atoms with Crippen molar-refractivity contribution < 1.29 is 23.5 Å². The first-order chi connectivity index (χ1) is 10.4. The van der Waals surface area contributed by atoms with Crippen molar-refractivity contribution in [3.63, 3.8) is 0 Å². The smallest absolute Gasteiger partial charge is 0.299 e. The number of allylic oxidation sites excluding steroid dienone is 2. The van der Waals surface area contributed by atoms with Crippen LogP contribution in [0, 0.1) is 5.41 Å². The summed E-state index contributed by atoms with van der Waals surface area (Å²) in [6.07, 6.45) is 3.05. The molecule has 0 aliphatic heterocycles. The van der Waals surface area contributed by atoms with E-state index in [4.69, 9.17) is 5.14 Å². The molecule has 0 aromatic rings. The molecule has 3 aliphatic rings. The molecule has 1 saturated carbocycles. The van der Waals surface area contributed by atoms with Gasteiger partial charge in [0.2, 0.25) is 0 Å². The van der Waals surface area contributed by atoms with E-state index >= 15 is 0 Å². The predicted octanol–water partition coefficient (Wildman–Crippen LogP) is 0.568. The van der Waals surface area contributed by atoms with Crippen LogP contribution in [0.2, 0.25) is 0 Å². The molecule has 8 heteroatoms. The third-order valence-corrected chi connectivity index (χ3v) is 6.17. The van der Waals surface area contributed by atoms with Gasteiger partial charge in [-0.2, -0.15) is 8.42 Å². The minimum atomic E-state index is -4.24. The Bertz CT molecular complexity index is 813. The molecule has 0 radical (unpaired) electrons. The van der Waals surface area contributed by atoms with E-state index < -0.39 is 21.2 Å². The summed E-state index contributed by atoms with van der Waals surface area (Å²) in [7, 11) is -4.24. The van der Waals surface area contributed by atoms with Crippen LogP contribution in [0.4, 0.5) is 0 Å². The van der Waals surface area contributed by atoms with Gasteiger partial charge in [-0.3, -0.25) is 10.0 Å².